The number of carbonyl (C=O) groups is 2. The van der Waals surface area contributed by atoms with E-state index < -0.39 is 16.1 Å². The molecule has 9 heteroatoms. The molecule has 35 heavy (non-hydrogen) atoms. The maximum atomic E-state index is 13.2. The Labute approximate surface area is 208 Å². The van der Waals surface area contributed by atoms with Gasteiger partial charge in [0.1, 0.15) is 6.04 Å². The molecule has 1 heterocycles. The third-order valence-electron chi connectivity index (χ3n) is 6.25. The molecule has 0 aliphatic carbocycles. The van der Waals surface area contributed by atoms with Crippen molar-refractivity contribution >= 4 is 21.8 Å². The van der Waals surface area contributed by atoms with Gasteiger partial charge in [0, 0.05) is 39.2 Å². The SMILES string of the molecule is C[C@@H](C(=O)NCCCO)N(Cc1ccccc1)C(=O)CCc1ccc(S(=O)(=O)N2CCCC2)cc1. The van der Waals surface area contributed by atoms with E-state index in [0.717, 1.165) is 24.0 Å². The molecule has 1 atom stereocenters. The summed E-state index contributed by atoms with van der Waals surface area (Å²) in [5.41, 5.74) is 1.78. The third kappa shape index (κ3) is 7.37. The summed E-state index contributed by atoms with van der Waals surface area (Å²) in [6.45, 7) is 3.46. The van der Waals surface area contributed by atoms with Crippen molar-refractivity contribution in [2.45, 2.75) is 56.5 Å². The summed E-state index contributed by atoms with van der Waals surface area (Å²) in [5, 5.41) is 11.7. The van der Waals surface area contributed by atoms with Gasteiger partial charge in [-0.05, 0) is 55.9 Å². The lowest BCUT2D eigenvalue weighted by Crippen LogP contribution is -2.47. The van der Waals surface area contributed by atoms with Crippen LogP contribution < -0.4 is 5.32 Å². The second-order valence-corrected chi connectivity index (χ2v) is 10.7. The summed E-state index contributed by atoms with van der Waals surface area (Å²) >= 11 is 0. The molecule has 190 valence electrons. The topological polar surface area (TPSA) is 107 Å². The van der Waals surface area contributed by atoms with Crippen molar-refractivity contribution in [3.05, 3.63) is 65.7 Å². The van der Waals surface area contributed by atoms with Gasteiger partial charge in [0.15, 0.2) is 0 Å². The van der Waals surface area contributed by atoms with Gasteiger partial charge in [-0.15, -0.1) is 0 Å². The summed E-state index contributed by atoms with van der Waals surface area (Å²) < 4.78 is 27.0. The monoisotopic (exact) mass is 501 g/mol. The number of hydrogen-bond acceptors (Lipinski definition) is 5. The summed E-state index contributed by atoms with van der Waals surface area (Å²) in [6, 6.07) is 15.5. The number of sulfonamides is 1. The minimum atomic E-state index is -3.47. The fourth-order valence-corrected chi connectivity index (χ4v) is 5.62. The number of amides is 2. The van der Waals surface area contributed by atoms with Crippen LogP contribution in [-0.2, 0) is 32.6 Å². The third-order valence-corrected chi connectivity index (χ3v) is 8.16. The van der Waals surface area contributed by atoms with E-state index in [0.29, 0.717) is 39.0 Å². The van der Waals surface area contributed by atoms with Crippen LogP contribution in [0.25, 0.3) is 0 Å². The first kappa shape index (κ1) is 26.8. The zero-order valence-electron chi connectivity index (χ0n) is 20.2. The first-order valence-corrected chi connectivity index (χ1v) is 13.6. The summed E-state index contributed by atoms with van der Waals surface area (Å²) in [7, 11) is -3.47. The molecule has 1 aliphatic rings. The summed E-state index contributed by atoms with van der Waals surface area (Å²) in [6.07, 6.45) is 2.86. The molecule has 1 fully saturated rings. The lowest BCUT2D eigenvalue weighted by Gasteiger charge is -2.29. The van der Waals surface area contributed by atoms with Gasteiger partial charge in [-0.2, -0.15) is 4.31 Å². The van der Waals surface area contributed by atoms with Crippen LogP contribution >= 0.6 is 0 Å². The van der Waals surface area contributed by atoms with Crippen molar-refractivity contribution in [1.29, 1.82) is 0 Å². The number of aryl methyl sites for hydroxylation is 1. The first-order chi connectivity index (χ1) is 16.8. The molecule has 0 spiro atoms. The first-order valence-electron chi connectivity index (χ1n) is 12.1. The number of carbonyl (C=O) groups excluding carboxylic acids is 2. The quantitative estimate of drug-likeness (QED) is 0.434. The molecule has 0 aromatic heterocycles. The summed E-state index contributed by atoms with van der Waals surface area (Å²) in [4.78, 5) is 27.7. The Morgan fingerprint density at radius 3 is 2.31 bits per heavy atom. The van der Waals surface area contributed by atoms with E-state index in [1.54, 1.807) is 36.1 Å². The van der Waals surface area contributed by atoms with Gasteiger partial charge >= 0.3 is 0 Å². The van der Waals surface area contributed by atoms with Gasteiger partial charge in [-0.3, -0.25) is 9.59 Å². The van der Waals surface area contributed by atoms with Gasteiger partial charge in [-0.25, -0.2) is 8.42 Å². The number of rotatable bonds is 12. The van der Waals surface area contributed by atoms with Crippen LogP contribution in [0.1, 0.15) is 43.7 Å². The van der Waals surface area contributed by atoms with Crippen LogP contribution in [0.5, 0.6) is 0 Å². The minimum Gasteiger partial charge on any atom is -0.396 e. The van der Waals surface area contributed by atoms with Gasteiger partial charge < -0.3 is 15.3 Å². The average molecular weight is 502 g/mol. The van der Waals surface area contributed by atoms with Crippen molar-refractivity contribution in [2.24, 2.45) is 0 Å². The zero-order chi connectivity index (χ0) is 25.3. The van der Waals surface area contributed by atoms with E-state index >= 15 is 0 Å². The van der Waals surface area contributed by atoms with Crippen molar-refractivity contribution in [1.82, 2.24) is 14.5 Å². The number of hydrogen-bond donors (Lipinski definition) is 2. The minimum absolute atomic E-state index is 0.0144. The Morgan fingerprint density at radius 1 is 1.03 bits per heavy atom. The second kappa shape index (κ2) is 12.8. The smallest absolute Gasteiger partial charge is 0.243 e. The highest BCUT2D eigenvalue weighted by Gasteiger charge is 2.28. The van der Waals surface area contributed by atoms with E-state index in [9.17, 15) is 18.0 Å². The molecule has 2 aromatic carbocycles. The Morgan fingerprint density at radius 2 is 1.69 bits per heavy atom. The molecule has 0 unspecified atom stereocenters. The fourth-order valence-electron chi connectivity index (χ4n) is 4.10. The van der Waals surface area contributed by atoms with E-state index in [1.807, 2.05) is 30.3 Å². The molecule has 0 radical (unpaired) electrons. The normalized spacial score (nSPS) is 15.0. The average Bonchev–Trinajstić information content (AvgIpc) is 3.42. The molecular formula is C26H35N3O5S. The van der Waals surface area contributed by atoms with Crippen LogP contribution in [-0.4, -0.2) is 66.8 Å². The lowest BCUT2D eigenvalue weighted by atomic mass is 10.1. The van der Waals surface area contributed by atoms with Crippen LogP contribution in [0.2, 0.25) is 0 Å². The highest BCUT2D eigenvalue weighted by atomic mass is 32.2. The Hall–Kier alpha value is -2.75. The molecule has 0 saturated carbocycles. The van der Waals surface area contributed by atoms with Crippen LogP contribution in [0.15, 0.2) is 59.5 Å². The number of aliphatic hydroxyl groups excluding tert-OH is 1. The van der Waals surface area contributed by atoms with Crippen molar-refractivity contribution in [3.63, 3.8) is 0 Å². The lowest BCUT2D eigenvalue weighted by molar-refractivity contribution is -0.140. The molecule has 1 saturated heterocycles. The Balaban J connectivity index is 1.65. The molecule has 0 bridgehead atoms. The Bertz CT molecular complexity index is 1070. The van der Waals surface area contributed by atoms with Crippen molar-refractivity contribution in [3.8, 4) is 0 Å². The molecule has 2 amide bonds. The standard InChI is InChI=1S/C26H35N3O5S/c1-21(26(32)27-16-7-19-30)29(20-23-8-3-2-4-9-23)25(31)15-12-22-10-13-24(14-11-22)35(33,34)28-17-5-6-18-28/h2-4,8-11,13-14,21,30H,5-7,12,15-20H2,1H3,(H,27,32)/t21-/m0/s1. The van der Waals surface area contributed by atoms with E-state index in [-0.39, 0.29) is 29.7 Å². The highest BCUT2D eigenvalue weighted by Crippen LogP contribution is 2.21. The van der Waals surface area contributed by atoms with Crippen molar-refractivity contribution < 1.29 is 23.1 Å². The van der Waals surface area contributed by atoms with E-state index in [2.05, 4.69) is 5.32 Å². The fraction of sp³-hybridized carbons (Fsp3) is 0.462. The molecule has 2 aromatic rings. The predicted molar refractivity (Wildman–Crippen MR) is 134 cm³/mol. The maximum Gasteiger partial charge on any atom is 0.243 e. The summed E-state index contributed by atoms with van der Waals surface area (Å²) in [5.74, 6) is -0.424. The number of nitrogens with one attached hydrogen (secondary N) is 1. The molecule has 2 N–H and O–H groups in total. The zero-order valence-corrected chi connectivity index (χ0v) is 21.0. The number of aliphatic hydroxyl groups is 1. The van der Waals surface area contributed by atoms with Crippen molar-refractivity contribution in [2.75, 3.05) is 26.2 Å². The Kier molecular flexibility index (Phi) is 9.83. The molecule has 8 nitrogen and oxygen atoms in total. The highest BCUT2D eigenvalue weighted by molar-refractivity contribution is 7.89. The van der Waals surface area contributed by atoms with Gasteiger partial charge in [0.2, 0.25) is 21.8 Å². The molecular weight excluding hydrogens is 466 g/mol. The van der Waals surface area contributed by atoms with E-state index in [4.69, 9.17) is 5.11 Å². The largest absolute Gasteiger partial charge is 0.396 e. The molecule has 3 rings (SSSR count). The number of benzene rings is 2. The van der Waals surface area contributed by atoms with Gasteiger partial charge in [-0.1, -0.05) is 42.5 Å². The van der Waals surface area contributed by atoms with Gasteiger partial charge in [0.05, 0.1) is 4.90 Å². The predicted octanol–water partition coefficient (Wildman–Crippen LogP) is 2.32. The van der Waals surface area contributed by atoms with Crippen LogP contribution in [0.3, 0.4) is 0 Å². The maximum absolute atomic E-state index is 13.2. The van der Waals surface area contributed by atoms with Gasteiger partial charge in [0.25, 0.3) is 0 Å². The number of nitrogens with zero attached hydrogens (tertiary/aromatic N) is 2. The second-order valence-electron chi connectivity index (χ2n) is 8.81. The molecule has 1 aliphatic heterocycles. The van der Waals surface area contributed by atoms with E-state index in [1.165, 1.54) is 4.31 Å². The van der Waals surface area contributed by atoms with Crippen LogP contribution in [0.4, 0.5) is 0 Å². The van der Waals surface area contributed by atoms with Crippen LogP contribution in [0, 0.1) is 0 Å².